The Labute approximate surface area is 152 Å². The minimum absolute atomic E-state index is 0.156. The van der Waals surface area contributed by atoms with E-state index in [0.717, 1.165) is 0 Å². The molecule has 9 heteroatoms. The van der Waals surface area contributed by atoms with Gasteiger partial charge in [0.15, 0.2) is 5.82 Å². The second kappa shape index (κ2) is 7.18. The van der Waals surface area contributed by atoms with Crippen LogP contribution in [0.15, 0.2) is 41.4 Å². The summed E-state index contributed by atoms with van der Waals surface area (Å²) in [5.74, 6) is 0.0896. The van der Waals surface area contributed by atoms with Gasteiger partial charge < -0.3 is 10.1 Å². The van der Waals surface area contributed by atoms with E-state index in [1.165, 1.54) is 28.6 Å². The molecule has 1 aromatic heterocycles. The molecule has 1 amide bonds. The Morgan fingerprint density at radius 2 is 1.77 bits per heavy atom. The van der Waals surface area contributed by atoms with Crippen molar-refractivity contribution in [2.24, 2.45) is 7.05 Å². The van der Waals surface area contributed by atoms with E-state index in [0.29, 0.717) is 24.5 Å². The smallest absolute Gasteiger partial charge is 0.256 e. The molecule has 0 saturated carbocycles. The van der Waals surface area contributed by atoms with Gasteiger partial charge in [-0.2, -0.15) is 9.40 Å². The zero-order valence-corrected chi connectivity index (χ0v) is 15.7. The minimum atomic E-state index is -3.62. The topological polar surface area (TPSA) is 93.5 Å². The van der Waals surface area contributed by atoms with Crippen LogP contribution in [-0.4, -0.2) is 53.7 Å². The molecule has 26 heavy (non-hydrogen) atoms. The summed E-state index contributed by atoms with van der Waals surface area (Å²) >= 11 is 0. The van der Waals surface area contributed by atoms with Gasteiger partial charge in [-0.05, 0) is 38.1 Å². The number of nitrogens with one attached hydrogen (secondary N) is 1. The number of aryl methyl sites for hydroxylation is 1. The third-order valence-electron chi connectivity index (χ3n) is 4.10. The lowest BCUT2D eigenvalue weighted by Gasteiger charge is -2.34. The average molecular weight is 378 g/mol. The number of sulfonamides is 1. The van der Waals surface area contributed by atoms with E-state index >= 15 is 0 Å². The van der Waals surface area contributed by atoms with Gasteiger partial charge in [-0.1, -0.05) is 0 Å². The van der Waals surface area contributed by atoms with Crippen LogP contribution in [0.5, 0.6) is 0 Å². The highest BCUT2D eigenvalue weighted by Crippen LogP contribution is 2.21. The van der Waals surface area contributed by atoms with Gasteiger partial charge >= 0.3 is 0 Å². The summed E-state index contributed by atoms with van der Waals surface area (Å²) in [5.41, 5.74) is 0.360. The predicted molar refractivity (Wildman–Crippen MR) is 96.4 cm³/mol. The summed E-state index contributed by atoms with van der Waals surface area (Å²) in [5, 5.41) is 6.74. The first-order valence-electron chi connectivity index (χ1n) is 8.32. The van der Waals surface area contributed by atoms with E-state index in [2.05, 4.69) is 10.4 Å². The third kappa shape index (κ3) is 3.95. The molecule has 8 nitrogen and oxygen atoms in total. The molecule has 1 aliphatic rings. The zero-order valence-electron chi connectivity index (χ0n) is 14.9. The van der Waals surface area contributed by atoms with Crippen molar-refractivity contribution in [2.75, 3.05) is 18.4 Å². The predicted octanol–water partition coefficient (Wildman–Crippen LogP) is 1.47. The summed E-state index contributed by atoms with van der Waals surface area (Å²) in [6, 6.07) is 7.58. The number of rotatable bonds is 4. The van der Waals surface area contributed by atoms with Crippen molar-refractivity contribution in [3.8, 4) is 0 Å². The van der Waals surface area contributed by atoms with Gasteiger partial charge in [0.1, 0.15) is 0 Å². The van der Waals surface area contributed by atoms with Crippen LogP contribution in [0.3, 0.4) is 0 Å². The molecule has 1 aromatic carbocycles. The Morgan fingerprint density at radius 1 is 1.15 bits per heavy atom. The summed E-state index contributed by atoms with van der Waals surface area (Å²) in [6.07, 6.45) is 1.41. The number of nitrogens with zero attached hydrogens (tertiary/aromatic N) is 3. The summed E-state index contributed by atoms with van der Waals surface area (Å²) in [7, 11) is -1.87. The number of hydrogen-bond donors (Lipinski definition) is 1. The first kappa shape index (κ1) is 18.6. The van der Waals surface area contributed by atoms with Gasteiger partial charge in [-0.3, -0.25) is 9.48 Å². The lowest BCUT2D eigenvalue weighted by atomic mass is 10.2. The highest BCUT2D eigenvalue weighted by Gasteiger charge is 2.32. The Bertz CT molecular complexity index is 882. The first-order valence-corrected chi connectivity index (χ1v) is 9.76. The molecule has 140 valence electrons. The summed E-state index contributed by atoms with van der Waals surface area (Å²) in [6.45, 7) is 4.33. The number of benzene rings is 1. The number of amides is 1. The van der Waals surface area contributed by atoms with Crippen LogP contribution in [-0.2, 0) is 21.8 Å². The lowest BCUT2D eigenvalue weighted by molar-refractivity contribution is -0.0440. The average Bonchev–Trinajstić information content (AvgIpc) is 2.99. The monoisotopic (exact) mass is 378 g/mol. The van der Waals surface area contributed by atoms with Crippen molar-refractivity contribution in [1.29, 1.82) is 0 Å². The SMILES string of the molecule is C[C@H]1CN(S(=O)(=O)c2ccc(C(=O)Nc3ccn(C)n3)cc2)C[C@H](C)O1. The van der Waals surface area contributed by atoms with Gasteiger partial charge in [0.25, 0.3) is 5.91 Å². The Balaban J connectivity index is 1.75. The summed E-state index contributed by atoms with van der Waals surface area (Å²) in [4.78, 5) is 12.4. The highest BCUT2D eigenvalue weighted by molar-refractivity contribution is 7.89. The molecular formula is C17H22N4O4S. The molecule has 0 radical (unpaired) electrons. The van der Waals surface area contributed by atoms with Gasteiger partial charge in [-0.25, -0.2) is 8.42 Å². The Kier molecular flexibility index (Phi) is 5.12. The van der Waals surface area contributed by atoms with Crippen molar-refractivity contribution in [3.63, 3.8) is 0 Å². The molecule has 1 fully saturated rings. The van der Waals surface area contributed by atoms with E-state index in [1.807, 2.05) is 13.8 Å². The summed E-state index contributed by atoms with van der Waals surface area (Å²) < 4.78 is 34.2. The normalized spacial score (nSPS) is 21.5. The molecule has 3 rings (SSSR count). The van der Waals surface area contributed by atoms with E-state index in [-0.39, 0.29) is 23.0 Å². The fraction of sp³-hybridized carbons (Fsp3) is 0.412. The molecule has 0 aliphatic carbocycles. The van der Waals surface area contributed by atoms with E-state index < -0.39 is 10.0 Å². The number of carbonyl (C=O) groups excluding carboxylic acids is 1. The Hall–Kier alpha value is -2.23. The van der Waals surface area contributed by atoms with Crippen LogP contribution in [0.4, 0.5) is 5.82 Å². The standard InChI is InChI=1S/C17H22N4O4S/c1-12-10-21(11-13(2)25-12)26(23,24)15-6-4-14(5-7-15)17(22)18-16-8-9-20(3)19-16/h4-9,12-13H,10-11H2,1-3H3,(H,18,19,22)/t12-,13-/m0/s1. The first-order chi connectivity index (χ1) is 12.3. The molecule has 1 N–H and O–H groups in total. The second-order valence-electron chi connectivity index (χ2n) is 6.43. The number of hydrogen-bond acceptors (Lipinski definition) is 5. The number of carbonyl (C=O) groups is 1. The molecule has 2 aromatic rings. The van der Waals surface area contributed by atoms with Crippen molar-refractivity contribution < 1.29 is 17.9 Å². The van der Waals surface area contributed by atoms with Crippen LogP contribution in [0.1, 0.15) is 24.2 Å². The molecule has 1 aliphatic heterocycles. The maximum atomic E-state index is 12.8. The largest absolute Gasteiger partial charge is 0.373 e. The molecule has 1 saturated heterocycles. The Morgan fingerprint density at radius 3 is 2.31 bits per heavy atom. The number of ether oxygens (including phenoxy) is 1. The molecule has 0 bridgehead atoms. The molecule has 2 heterocycles. The molecule has 0 unspecified atom stereocenters. The van der Waals surface area contributed by atoms with Gasteiger partial charge in [0.05, 0.1) is 17.1 Å². The fourth-order valence-corrected chi connectivity index (χ4v) is 4.52. The minimum Gasteiger partial charge on any atom is -0.373 e. The van der Waals surface area contributed by atoms with Crippen molar-refractivity contribution in [1.82, 2.24) is 14.1 Å². The molecular weight excluding hydrogens is 356 g/mol. The van der Waals surface area contributed by atoms with Crippen molar-refractivity contribution in [3.05, 3.63) is 42.1 Å². The number of anilines is 1. The number of morpholine rings is 1. The van der Waals surface area contributed by atoms with E-state index in [1.54, 1.807) is 24.0 Å². The van der Waals surface area contributed by atoms with Crippen molar-refractivity contribution >= 4 is 21.7 Å². The number of aromatic nitrogens is 2. The van der Waals surface area contributed by atoms with Crippen molar-refractivity contribution in [2.45, 2.75) is 31.0 Å². The van der Waals surface area contributed by atoms with Gasteiger partial charge in [0.2, 0.25) is 10.0 Å². The van der Waals surface area contributed by atoms with Gasteiger partial charge in [0, 0.05) is 38.0 Å². The van der Waals surface area contributed by atoms with Crippen LogP contribution in [0, 0.1) is 0 Å². The van der Waals surface area contributed by atoms with Crippen LogP contribution in [0.2, 0.25) is 0 Å². The second-order valence-corrected chi connectivity index (χ2v) is 8.37. The van der Waals surface area contributed by atoms with Gasteiger partial charge in [-0.15, -0.1) is 0 Å². The lowest BCUT2D eigenvalue weighted by Crippen LogP contribution is -2.48. The van der Waals surface area contributed by atoms with Crippen LogP contribution >= 0.6 is 0 Å². The fourth-order valence-electron chi connectivity index (χ4n) is 2.92. The van der Waals surface area contributed by atoms with E-state index in [4.69, 9.17) is 4.74 Å². The zero-order chi connectivity index (χ0) is 18.9. The quantitative estimate of drug-likeness (QED) is 0.870. The van der Waals surface area contributed by atoms with Crippen LogP contribution in [0.25, 0.3) is 0 Å². The van der Waals surface area contributed by atoms with Crippen LogP contribution < -0.4 is 5.32 Å². The maximum Gasteiger partial charge on any atom is 0.256 e. The maximum absolute atomic E-state index is 12.8. The highest BCUT2D eigenvalue weighted by atomic mass is 32.2. The molecule has 0 spiro atoms. The third-order valence-corrected chi connectivity index (χ3v) is 5.94. The molecule has 2 atom stereocenters. The van der Waals surface area contributed by atoms with E-state index in [9.17, 15) is 13.2 Å².